The molecule has 6 heteroatoms. The fraction of sp³-hybridized carbons (Fsp3) is 0.261. The Morgan fingerprint density at radius 3 is 2.38 bits per heavy atom. The van der Waals surface area contributed by atoms with Gasteiger partial charge < -0.3 is 14.6 Å². The van der Waals surface area contributed by atoms with E-state index in [0.29, 0.717) is 23.6 Å². The molecule has 6 nitrogen and oxygen atoms in total. The Bertz CT molecular complexity index is 1070. The number of carboxylic acids is 1. The first-order valence-electron chi connectivity index (χ1n) is 9.32. The van der Waals surface area contributed by atoms with Gasteiger partial charge >= 0.3 is 11.9 Å². The maximum Gasteiger partial charge on any atom is 0.343 e. The van der Waals surface area contributed by atoms with Crippen LogP contribution < -0.4 is 4.74 Å². The van der Waals surface area contributed by atoms with Gasteiger partial charge in [-0.25, -0.2) is 14.6 Å². The Hall–Kier alpha value is -3.25. The van der Waals surface area contributed by atoms with Gasteiger partial charge in [-0.15, -0.1) is 0 Å². The summed E-state index contributed by atoms with van der Waals surface area (Å²) in [6.45, 7) is 7.45. The lowest BCUT2D eigenvalue weighted by Gasteiger charge is -2.22. The van der Waals surface area contributed by atoms with Crippen LogP contribution in [0.2, 0.25) is 0 Å². The van der Waals surface area contributed by atoms with E-state index >= 15 is 0 Å². The number of nitrogens with zero attached hydrogens (tertiary/aromatic N) is 1. The summed E-state index contributed by atoms with van der Waals surface area (Å²) < 4.78 is 10.8. The number of hydrogen-bond acceptors (Lipinski definition) is 5. The number of carboxylic acid groups (broad SMARTS) is 1. The Kier molecular flexibility index (Phi) is 5.66. The van der Waals surface area contributed by atoms with E-state index in [1.165, 1.54) is 0 Å². The SMILES string of the molecule is CCOC(C)(C)C(=O)Oc1ccc(-c2nc3cc(C)ccc3cc2C(=O)O)cc1. The largest absolute Gasteiger partial charge is 0.478 e. The molecule has 0 saturated carbocycles. The van der Waals surface area contributed by atoms with E-state index in [1.807, 2.05) is 32.0 Å². The highest BCUT2D eigenvalue weighted by Gasteiger charge is 2.30. The molecular weight excluding hydrogens is 370 g/mol. The minimum absolute atomic E-state index is 0.114. The van der Waals surface area contributed by atoms with Crippen molar-refractivity contribution in [2.24, 2.45) is 0 Å². The summed E-state index contributed by atoms with van der Waals surface area (Å²) in [6.07, 6.45) is 0. The molecule has 0 saturated heterocycles. The van der Waals surface area contributed by atoms with Crippen LogP contribution in [-0.4, -0.2) is 34.2 Å². The molecule has 0 radical (unpaired) electrons. The van der Waals surface area contributed by atoms with Crippen molar-refractivity contribution in [1.29, 1.82) is 0 Å². The predicted octanol–water partition coefficient (Wildman–Crippen LogP) is 4.63. The Morgan fingerprint density at radius 2 is 1.76 bits per heavy atom. The second kappa shape index (κ2) is 8.01. The quantitative estimate of drug-likeness (QED) is 0.485. The van der Waals surface area contributed by atoms with Crippen LogP contribution in [0, 0.1) is 6.92 Å². The van der Waals surface area contributed by atoms with Gasteiger partial charge in [0, 0.05) is 17.6 Å². The second-order valence-electron chi connectivity index (χ2n) is 7.24. The lowest BCUT2D eigenvalue weighted by atomic mass is 10.0. The van der Waals surface area contributed by atoms with E-state index < -0.39 is 17.5 Å². The van der Waals surface area contributed by atoms with Crippen LogP contribution in [-0.2, 0) is 9.53 Å². The molecule has 0 aliphatic carbocycles. The van der Waals surface area contributed by atoms with Crippen LogP contribution in [0.5, 0.6) is 5.75 Å². The van der Waals surface area contributed by atoms with E-state index in [1.54, 1.807) is 44.2 Å². The molecule has 150 valence electrons. The normalized spacial score (nSPS) is 11.4. The highest BCUT2D eigenvalue weighted by molar-refractivity contribution is 5.99. The van der Waals surface area contributed by atoms with Crippen LogP contribution in [0.25, 0.3) is 22.2 Å². The molecule has 1 aromatic heterocycles. The van der Waals surface area contributed by atoms with Gasteiger partial charge in [-0.2, -0.15) is 0 Å². The number of hydrogen-bond donors (Lipinski definition) is 1. The van der Waals surface area contributed by atoms with Gasteiger partial charge in [-0.05, 0) is 69.7 Å². The summed E-state index contributed by atoms with van der Waals surface area (Å²) in [4.78, 5) is 28.6. The first-order chi connectivity index (χ1) is 13.7. The number of esters is 1. The fourth-order valence-corrected chi connectivity index (χ4v) is 2.99. The first-order valence-corrected chi connectivity index (χ1v) is 9.32. The van der Waals surface area contributed by atoms with Crippen LogP contribution in [0.3, 0.4) is 0 Å². The molecule has 0 spiro atoms. The van der Waals surface area contributed by atoms with E-state index in [-0.39, 0.29) is 5.56 Å². The first kappa shape index (κ1) is 20.5. The molecule has 2 aromatic carbocycles. The zero-order chi connectivity index (χ0) is 21.2. The Morgan fingerprint density at radius 1 is 1.07 bits per heavy atom. The monoisotopic (exact) mass is 393 g/mol. The predicted molar refractivity (Wildman–Crippen MR) is 110 cm³/mol. The van der Waals surface area contributed by atoms with Crippen molar-refractivity contribution in [3.8, 4) is 17.0 Å². The molecular formula is C23H23NO5. The van der Waals surface area contributed by atoms with Gasteiger partial charge in [-0.3, -0.25) is 0 Å². The van der Waals surface area contributed by atoms with Crippen molar-refractivity contribution in [3.05, 3.63) is 59.7 Å². The van der Waals surface area contributed by atoms with Crippen LogP contribution in [0.1, 0.15) is 36.7 Å². The van der Waals surface area contributed by atoms with Gasteiger partial charge in [0.05, 0.1) is 16.8 Å². The fourth-order valence-electron chi connectivity index (χ4n) is 2.99. The number of fused-ring (bicyclic) bond motifs is 1. The number of ether oxygens (including phenoxy) is 2. The van der Waals surface area contributed by atoms with Crippen LogP contribution in [0.15, 0.2) is 48.5 Å². The molecule has 1 heterocycles. The zero-order valence-corrected chi connectivity index (χ0v) is 16.9. The van der Waals surface area contributed by atoms with Crippen molar-refractivity contribution < 1.29 is 24.2 Å². The third-order valence-corrected chi connectivity index (χ3v) is 4.54. The molecule has 3 aromatic rings. The minimum atomic E-state index is -1.05. The third-order valence-electron chi connectivity index (χ3n) is 4.54. The Balaban J connectivity index is 1.95. The number of carbonyl (C=O) groups is 2. The van der Waals surface area contributed by atoms with Crippen molar-refractivity contribution >= 4 is 22.8 Å². The molecule has 29 heavy (non-hydrogen) atoms. The lowest BCUT2D eigenvalue weighted by Crippen LogP contribution is -2.38. The number of benzene rings is 2. The van der Waals surface area contributed by atoms with Gasteiger partial charge in [0.2, 0.25) is 0 Å². The molecule has 0 atom stereocenters. The highest BCUT2D eigenvalue weighted by Crippen LogP contribution is 2.28. The maximum atomic E-state index is 12.3. The highest BCUT2D eigenvalue weighted by atomic mass is 16.6. The van der Waals surface area contributed by atoms with E-state index in [2.05, 4.69) is 4.98 Å². The number of aryl methyl sites for hydroxylation is 1. The topological polar surface area (TPSA) is 85.7 Å². The average molecular weight is 393 g/mol. The van der Waals surface area contributed by atoms with E-state index in [0.717, 1.165) is 16.5 Å². The van der Waals surface area contributed by atoms with Crippen LogP contribution >= 0.6 is 0 Å². The van der Waals surface area contributed by atoms with E-state index in [4.69, 9.17) is 9.47 Å². The standard InChI is InChI=1S/C23H23NO5/c1-5-28-23(3,4)22(27)29-17-10-8-15(9-11-17)20-18(21(25)26)13-16-7-6-14(2)12-19(16)24-20/h6-13H,5H2,1-4H3,(H,25,26). The number of carbonyl (C=O) groups excluding carboxylic acids is 1. The molecule has 0 fully saturated rings. The lowest BCUT2D eigenvalue weighted by molar-refractivity contribution is -0.157. The van der Waals surface area contributed by atoms with Gasteiger partial charge in [0.15, 0.2) is 5.60 Å². The molecule has 0 unspecified atom stereocenters. The summed E-state index contributed by atoms with van der Waals surface area (Å²) in [6, 6.07) is 13.9. The summed E-state index contributed by atoms with van der Waals surface area (Å²) >= 11 is 0. The van der Waals surface area contributed by atoms with Crippen molar-refractivity contribution in [3.63, 3.8) is 0 Å². The average Bonchev–Trinajstić information content (AvgIpc) is 2.67. The molecule has 0 bridgehead atoms. The van der Waals surface area contributed by atoms with Crippen LogP contribution in [0.4, 0.5) is 0 Å². The number of aromatic nitrogens is 1. The van der Waals surface area contributed by atoms with Crippen molar-refractivity contribution in [1.82, 2.24) is 4.98 Å². The van der Waals surface area contributed by atoms with Gasteiger partial charge in [-0.1, -0.05) is 12.1 Å². The molecule has 0 aliphatic rings. The minimum Gasteiger partial charge on any atom is -0.478 e. The third kappa shape index (κ3) is 4.43. The number of rotatable bonds is 6. The van der Waals surface area contributed by atoms with Crippen molar-refractivity contribution in [2.75, 3.05) is 6.61 Å². The summed E-state index contributed by atoms with van der Waals surface area (Å²) in [7, 11) is 0. The number of aromatic carboxylic acids is 1. The van der Waals surface area contributed by atoms with E-state index in [9.17, 15) is 14.7 Å². The van der Waals surface area contributed by atoms with Crippen molar-refractivity contribution in [2.45, 2.75) is 33.3 Å². The molecule has 0 aliphatic heterocycles. The second-order valence-corrected chi connectivity index (χ2v) is 7.24. The smallest absolute Gasteiger partial charge is 0.343 e. The molecule has 0 amide bonds. The number of pyridine rings is 1. The maximum absolute atomic E-state index is 12.3. The summed E-state index contributed by atoms with van der Waals surface area (Å²) in [5.74, 6) is -1.21. The van der Waals surface area contributed by atoms with Gasteiger partial charge in [0.1, 0.15) is 5.75 Å². The molecule has 1 N–H and O–H groups in total. The summed E-state index contributed by atoms with van der Waals surface area (Å²) in [5.41, 5.74) is 1.81. The zero-order valence-electron chi connectivity index (χ0n) is 16.9. The molecule has 3 rings (SSSR count). The Labute approximate surface area is 169 Å². The van der Waals surface area contributed by atoms with Gasteiger partial charge in [0.25, 0.3) is 0 Å². The summed E-state index contributed by atoms with van der Waals surface area (Å²) in [5, 5.41) is 10.4.